The average molecular weight is 529 g/mol. The number of nitrogens with zero attached hydrogens (tertiary/aromatic N) is 4. The number of carbonyl (C=O) groups excluding carboxylic acids is 1. The van der Waals surface area contributed by atoms with Crippen molar-refractivity contribution in [2.24, 2.45) is 4.99 Å². The van der Waals surface area contributed by atoms with E-state index in [9.17, 15) is 4.79 Å². The third-order valence-electron chi connectivity index (χ3n) is 5.67. The van der Waals surface area contributed by atoms with Crippen LogP contribution in [-0.4, -0.2) is 85.0 Å². The van der Waals surface area contributed by atoms with Crippen LogP contribution < -0.4 is 5.32 Å². The highest BCUT2D eigenvalue weighted by molar-refractivity contribution is 14.0. The molecule has 0 saturated carbocycles. The number of nitrogens with one attached hydrogen (secondary N) is 1. The van der Waals surface area contributed by atoms with Crippen LogP contribution in [0.15, 0.2) is 40.0 Å². The summed E-state index contributed by atoms with van der Waals surface area (Å²) in [5.41, 5.74) is 1.04. The summed E-state index contributed by atoms with van der Waals surface area (Å²) in [6, 6.07) is 3.86. The van der Waals surface area contributed by atoms with Crippen molar-refractivity contribution in [3.8, 4) is 0 Å². The minimum atomic E-state index is -0.0435. The molecule has 7 nitrogen and oxygen atoms in total. The predicted octanol–water partition coefficient (Wildman–Crippen LogP) is 2.59. The molecule has 3 rings (SSSR count). The number of halogens is 1. The van der Waals surface area contributed by atoms with Crippen LogP contribution in [0.1, 0.15) is 32.4 Å². The van der Waals surface area contributed by atoms with Crippen molar-refractivity contribution in [2.45, 2.75) is 39.2 Å². The Hall–Kier alpha value is -1.55. The fourth-order valence-electron chi connectivity index (χ4n) is 3.91. The maximum atomic E-state index is 12.7. The molecule has 0 spiro atoms. The van der Waals surface area contributed by atoms with Gasteiger partial charge in [-0.2, -0.15) is 0 Å². The first-order valence-corrected chi connectivity index (χ1v) is 10.8. The van der Waals surface area contributed by atoms with Crippen molar-refractivity contribution in [1.82, 2.24) is 20.0 Å². The molecular formula is C22H36IN5O2. The molecule has 1 atom stereocenters. The van der Waals surface area contributed by atoms with E-state index in [2.05, 4.69) is 21.7 Å². The Morgan fingerprint density at radius 3 is 2.50 bits per heavy atom. The Morgan fingerprint density at radius 2 is 1.90 bits per heavy atom. The molecule has 2 fully saturated rings. The van der Waals surface area contributed by atoms with Crippen LogP contribution >= 0.6 is 24.0 Å². The van der Waals surface area contributed by atoms with E-state index >= 15 is 0 Å². The van der Waals surface area contributed by atoms with E-state index in [1.54, 1.807) is 6.26 Å². The van der Waals surface area contributed by atoms with Gasteiger partial charge in [-0.3, -0.25) is 9.69 Å². The lowest BCUT2D eigenvalue weighted by Gasteiger charge is -2.39. The predicted molar refractivity (Wildman–Crippen MR) is 131 cm³/mol. The molecule has 0 aromatic carbocycles. The Labute approximate surface area is 197 Å². The molecule has 8 heteroatoms. The summed E-state index contributed by atoms with van der Waals surface area (Å²) < 4.78 is 5.41. The van der Waals surface area contributed by atoms with Crippen LogP contribution in [0.5, 0.6) is 0 Å². The molecule has 1 amide bonds. The smallest absolute Gasteiger partial charge is 0.239 e. The third-order valence-corrected chi connectivity index (χ3v) is 5.67. The second kappa shape index (κ2) is 12.3. The van der Waals surface area contributed by atoms with Gasteiger partial charge in [-0.15, -0.1) is 24.0 Å². The van der Waals surface area contributed by atoms with E-state index in [0.29, 0.717) is 6.54 Å². The van der Waals surface area contributed by atoms with Crippen LogP contribution in [0.3, 0.4) is 0 Å². The minimum absolute atomic E-state index is 0. The van der Waals surface area contributed by atoms with Crippen molar-refractivity contribution in [2.75, 3.05) is 52.4 Å². The number of hydrogen-bond donors (Lipinski definition) is 1. The van der Waals surface area contributed by atoms with Gasteiger partial charge in [0, 0.05) is 52.2 Å². The second-order valence-electron chi connectivity index (χ2n) is 8.08. The molecule has 0 bridgehead atoms. The van der Waals surface area contributed by atoms with Crippen LogP contribution in [0.4, 0.5) is 0 Å². The van der Waals surface area contributed by atoms with E-state index in [1.807, 2.05) is 30.9 Å². The van der Waals surface area contributed by atoms with Crippen molar-refractivity contribution in [1.29, 1.82) is 0 Å². The maximum absolute atomic E-state index is 12.7. The van der Waals surface area contributed by atoms with Gasteiger partial charge in [0.1, 0.15) is 5.76 Å². The molecule has 3 heterocycles. The van der Waals surface area contributed by atoms with E-state index in [0.717, 1.165) is 82.4 Å². The van der Waals surface area contributed by atoms with Gasteiger partial charge in [-0.1, -0.05) is 12.2 Å². The number of aliphatic imine (C=N–C) groups is 1. The van der Waals surface area contributed by atoms with Gasteiger partial charge < -0.3 is 19.5 Å². The highest BCUT2D eigenvalue weighted by Crippen LogP contribution is 2.14. The fourth-order valence-corrected chi connectivity index (χ4v) is 3.91. The molecule has 1 aromatic heterocycles. The lowest BCUT2D eigenvalue weighted by Crippen LogP contribution is -2.57. The Balaban J connectivity index is 0.00000320. The lowest BCUT2D eigenvalue weighted by atomic mass is 10.2. The van der Waals surface area contributed by atoms with Crippen molar-refractivity contribution < 1.29 is 9.21 Å². The largest absolute Gasteiger partial charge is 0.469 e. The molecule has 1 unspecified atom stereocenters. The van der Waals surface area contributed by atoms with Crippen LogP contribution in [0, 0.1) is 0 Å². The first-order chi connectivity index (χ1) is 14.0. The number of furan rings is 1. The fraction of sp³-hybridized carbons (Fsp3) is 0.636. The molecule has 2 aliphatic heterocycles. The molecule has 168 valence electrons. The van der Waals surface area contributed by atoms with Gasteiger partial charge in [0.2, 0.25) is 5.91 Å². The summed E-state index contributed by atoms with van der Waals surface area (Å²) in [6.07, 6.45) is 4.80. The zero-order chi connectivity index (χ0) is 20.6. The monoisotopic (exact) mass is 529 g/mol. The van der Waals surface area contributed by atoms with Crippen molar-refractivity contribution >= 4 is 35.8 Å². The average Bonchev–Trinajstić information content (AvgIpc) is 3.43. The molecule has 2 aliphatic rings. The SMILES string of the molecule is C=C(C)CN=C(NCCc1ccco1)N1CCN(C(C)C(=O)N2CCCC2)CC1.I. The summed E-state index contributed by atoms with van der Waals surface area (Å²) in [4.78, 5) is 24.1. The number of piperazine rings is 1. The quantitative estimate of drug-likeness (QED) is 0.255. The molecular weight excluding hydrogens is 493 g/mol. The van der Waals surface area contributed by atoms with Crippen LogP contribution in [0.2, 0.25) is 0 Å². The summed E-state index contributed by atoms with van der Waals surface area (Å²) in [5, 5.41) is 3.48. The number of carbonyl (C=O) groups is 1. The normalized spacial score (nSPS) is 18.8. The number of rotatable bonds is 7. The summed E-state index contributed by atoms with van der Waals surface area (Å²) in [6.45, 7) is 14.7. The second-order valence-corrected chi connectivity index (χ2v) is 8.08. The van der Waals surface area contributed by atoms with Gasteiger partial charge in [0.25, 0.3) is 0 Å². The van der Waals surface area contributed by atoms with Crippen LogP contribution in [-0.2, 0) is 11.2 Å². The van der Waals surface area contributed by atoms with E-state index in [1.165, 1.54) is 0 Å². The van der Waals surface area contributed by atoms with Gasteiger partial charge in [-0.25, -0.2) is 4.99 Å². The van der Waals surface area contributed by atoms with Gasteiger partial charge >= 0.3 is 0 Å². The first kappa shape index (κ1) is 24.7. The van der Waals surface area contributed by atoms with E-state index in [4.69, 9.17) is 9.41 Å². The number of amides is 1. The summed E-state index contributed by atoms with van der Waals surface area (Å²) in [7, 11) is 0. The highest BCUT2D eigenvalue weighted by atomic mass is 127. The summed E-state index contributed by atoms with van der Waals surface area (Å²) in [5.74, 6) is 2.16. The van der Waals surface area contributed by atoms with Crippen molar-refractivity contribution in [3.63, 3.8) is 0 Å². The maximum Gasteiger partial charge on any atom is 0.239 e. The van der Waals surface area contributed by atoms with E-state index in [-0.39, 0.29) is 35.9 Å². The number of hydrogen-bond acceptors (Lipinski definition) is 4. The Bertz CT molecular complexity index is 692. The molecule has 2 saturated heterocycles. The first-order valence-electron chi connectivity index (χ1n) is 10.8. The summed E-state index contributed by atoms with van der Waals surface area (Å²) >= 11 is 0. The van der Waals surface area contributed by atoms with E-state index < -0.39 is 0 Å². The molecule has 0 radical (unpaired) electrons. The zero-order valence-electron chi connectivity index (χ0n) is 18.3. The van der Waals surface area contributed by atoms with Gasteiger partial charge in [-0.05, 0) is 38.8 Å². The topological polar surface area (TPSA) is 64.3 Å². The zero-order valence-corrected chi connectivity index (χ0v) is 20.6. The Morgan fingerprint density at radius 1 is 1.20 bits per heavy atom. The van der Waals surface area contributed by atoms with Crippen LogP contribution in [0.25, 0.3) is 0 Å². The number of likely N-dealkylation sites (tertiary alicyclic amines) is 1. The van der Waals surface area contributed by atoms with Crippen molar-refractivity contribution in [3.05, 3.63) is 36.3 Å². The third kappa shape index (κ3) is 7.01. The standard InChI is InChI=1S/C22H35N5O2.HI/c1-18(2)17-24-22(23-9-8-20-7-6-16-29-20)27-14-12-25(13-15-27)19(3)21(28)26-10-4-5-11-26;/h6-7,16,19H,1,4-5,8-15,17H2,2-3H3,(H,23,24);1H. The van der Waals surface area contributed by atoms with Gasteiger partial charge in [0.15, 0.2) is 5.96 Å². The molecule has 1 aromatic rings. The molecule has 30 heavy (non-hydrogen) atoms. The molecule has 1 N–H and O–H groups in total. The molecule has 0 aliphatic carbocycles. The lowest BCUT2D eigenvalue weighted by molar-refractivity contribution is -0.135. The minimum Gasteiger partial charge on any atom is -0.469 e. The number of guanidine groups is 1. The van der Waals surface area contributed by atoms with Gasteiger partial charge in [0.05, 0.1) is 18.8 Å². The highest BCUT2D eigenvalue weighted by Gasteiger charge is 2.30. The Kier molecular flexibility index (Phi) is 10.2.